The number of hydrogen-bond acceptors (Lipinski definition) is 2. The molecular weight excluding hydrogens is 293 g/mol. The topological polar surface area (TPSA) is 38.3 Å². The van der Waals surface area contributed by atoms with Crippen molar-refractivity contribution >= 4 is 23.2 Å². The van der Waals surface area contributed by atoms with Crippen LogP contribution in [0, 0.1) is 12.7 Å². The number of para-hydroxylation sites is 1. The number of benzene rings is 2. The Bertz CT molecular complexity index is 660. The minimum atomic E-state index is -0.759. The Kier molecular flexibility index (Phi) is 4.81. The van der Waals surface area contributed by atoms with Crippen LogP contribution in [0.15, 0.2) is 42.5 Å². The van der Waals surface area contributed by atoms with Crippen LogP contribution in [0.2, 0.25) is 5.02 Å². The maximum Gasteiger partial charge on any atom is 0.265 e. The van der Waals surface area contributed by atoms with Crippen molar-refractivity contribution in [1.82, 2.24) is 0 Å². The smallest absolute Gasteiger partial charge is 0.265 e. The molecular formula is C16H15ClFNO2. The van der Waals surface area contributed by atoms with Crippen LogP contribution in [0.3, 0.4) is 0 Å². The molecule has 3 nitrogen and oxygen atoms in total. The van der Waals surface area contributed by atoms with E-state index >= 15 is 0 Å². The fourth-order valence-corrected chi connectivity index (χ4v) is 1.86. The van der Waals surface area contributed by atoms with Gasteiger partial charge in [0.1, 0.15) is 11.6 Å². The summed E-state index contributed by atoms with van der Waals surface area (Å²) < 4.78 is 19.0. The molecule has 0 aliphatic carbocycles. The highest BCUT2D eigenvalue weighted by atomic mass is 35.5. The van der Waals surface area contributed by atoms with Crippen molar-refractivity contribution in [2.75, 3.05) is 5.32 Å². The van der Waals surface area contributed by atoms with Crippen LogP contribution in [-0.4, -0.2) is 12.0 Å². The van der Waals surface area contributed by atoms with Gasteiger partial charge < -0.3 is 10.1 Å². The number of ether oxygens (including phenoxy) is 1. The summed E-state index contributed by atoms with van der Waals surface area (Å²) in [7, 11) is 0. The highest BCUT2D eigenvalue weighted by Crippen LogP contribution is 2.22. The molecule has 2 rings (SSSR count). The predicted octanol–water partition coefficient (Wildman–Crippen LogP) is 4.19. The van der Waals surface area contributed by atoms with Gasteiger partial charge in [0.15, 0.2) is 6.10 Å². The Morgan fingerprint density at radius 3 is 2.67 bits per heavy atom. The molecule has 0 heterocycles. The zero-order chi connectivity index (χ0) is 15.4. The molecule has 2 aromatic rings. The average Bonchev–Trinajstić information content (AvgIpc) is 2.45. The number of hydrogen-bond donors (Lipinski definition) is 1. The summed E-state index contributed by atoms with van der Waals surface area (Å²) in [6, 6.07) is 11.1. The first kappa shape index (κ1) is 15.3. The number of anilines is 1. The summed E-state index contributed by atoms with van der Waals surface area (Å²) in [5.74, 6) is -0.374. The molecule has 0 fully saturated rings. The average molecular weight is 308 g/mol. The Hall–Kier alpha value is -2.07. The third-order valence-corrected chi connectivity index (χ3v) is 3.37. The minimum Gasteiger partial charge on any atom is -0.481 e. The summed E-state index contributed by atoms with van der Waals surface area (Å²) in [5.41, 5.74) is 0.987. The summed E-state index contributed by atoms with van der Waals surface area (Å²) >= 11 is 5.93. The number of carbonyl (C=O) groups is 1. The molecule has 0 aromatic heterocycles. The molecule has 0 spiro atoms. The zero-order valence-electron chi connectivity index (χ0n) is 11.7. The second-order valence-electron chi connectivity index (χ2n) is 4.64. The van der Waals surface area contributed by atoms with Gasteiger partial charge in [0, 0.05) is 5.02 Å². The Morgan fingerprint density at radius 2 is 2.00 bits per heavy atom. The van der Waals surface area contributed by atoms with Crippen LogP contribution in [0.1, 0.15) is 12.5 Å². The maximum atomic E-state index is 13.5. The standard InChI is InChI=1S/C16H15ClFNO2/c1-10-9-12(7-8-13(10)17)21-11(2)16(20)19-15-6-4-3-5-14(15)18/h3-9,11H,1-2H3,(H,19,20)/t11-/m1/s1. The van der Waals surface area contributed by atoms with Crippen LogP contribution in [0.4, 0.5) is 10.1 Å². The van der Waals surface area contributed by atoms with Gasteiger partial charge in [-0.3, -0.25) is 4.79 Å². The second kappa shape index (κ2) is 6.59. The highest BCUT2D eigenvalue weighted by Gasteiger charge is 2.16. The van der Waals surface area contributed by atoms with Gasteiger partial charge >= 0.3 is 0 Å². The molecule has 0 bridgehead atoms. The third-order valence-electron chi connectivity index (χ3n) is 2.94. The van der Waals surface area contributed by atoms with E-state index in [1.54, 1.807) is 37.3 Å². The molecule has 0 unspecified atom stereocenters. The summed E-state index contributed by atoms with van der Waals surface area (Å²) in [5, 5.41) is 3.12. The molecule has 1 N–H and O–H groups in total. The molecule has 1 amide bonds. The van der Waals surface area contributed by atoms with E-state index in [4.69, 9.17) is 16.3 Å². The van der Waals surface area contributed by atoms with Crippen LogP contribution >= 0.6 is 11.6 Å². The number of aryl methyl sites for hydroxylation is 1. The lowest BCUT2D eigenvalue weighted by atomic mass is 10.2. The number of halogens is 2. The quantitative estimate of drug-likeness (QED) is 0.919. The zero-order valence-corrected chi connectivity index (χ0v) is 12.4. The van der Waals surface area contributed by atoms with Gasteiger partial charge in [-0.25, -0.2) is 4.39 Å². The van der Waals surface area contributed by atoms with Crippen LogP contribution in [0.5, 0.6) is 5.75 Å². The van der Waals surface area contributed by atoms with Crippen molar-refractivity contribution < 1.29 is 13.9 Å². The lowest BCUT2D eigenvalue weighted by molar-refractivity contribution is -0.122. The van der Waals surface area contributed by atoms with E-state index in [9.17, 15) is 9.18 Å². The Labute approximate surface area is 127 Å². The third kappa shape index (κ3) is 3.95. The van der Waals surface area contributed by atoms with Crippen molar-refractivity contribution in [3.05, 3.63) is 58.9 Å². The maximum absolute atomic E-state index is 13.5. The summed E-state index contributed by atoms with van der Waals surface area (Å²) in [4.78, 5) is 12.0. The fraction of sp³-hybridized carbons (Fsp3) is 0.188. The Balaban J connectivity index is 2.02. The van der Waals surface area contributed by atoms with Gasteiger partial charge in [-0.1, -0.05) is 23.7 Å². The molecule has 0 saturated carbocycles. The summed E-state index contributed by atoms with van der Waals surface area (Å²) in [6.07, 6.45) is -0.759. The van der Waals surface area contributed by atoms with E-state index in [1.807, 2.05) is 6.92 Å². The van der Waals surface area contributed by atoms with Crippen molar-refractivity contribution in [1.29, 1.82) is 0 Å². The van der Waals surface area contributed by atoms with E-state index in [2.05, 4.69) is 5.32 Å². The highest BCUT2D eigenvalue weighted by molar-refractivity contribution is 6.31. The van der Waals surface area contributed by atoms with Gasteiger partial charge in [0.2, 0.25) is 0 Å². The van der Waals surface area contributed by atoms with Crippen molar-refractivity contribution in [3.63, 3.8) is 0 Å². The molecule has 110 valence electrons. The van der Waals surface area contributed by atoms with E-state index in [-0.39, 0.29) is 5.69 Å². The first-order valence-electron chi connectivity index (χ1n) is 6.45. The fourth-order valence-electron chi connectivity index (χ4n) is 1.75. The predicted molar refractivity (Wildman–Crippen MR) is 81.3 cm³/mol. The first-order chi connectivity index (χ1) is 9.97. The summed E-state index contributed by atoms with van der Waals surface area (Å²) in [6.45, 7) is 3.44. The van der Waals surface area contributed by atoms with E-state index < -0.39 is 17.8 Å². The van der Waals surface area contributed by atoms with Crippen molar-refractivity contribution in [3.8, 4) is 5.75 Å². The minimum absolute atomic E-state index is 0.130. The normalized spacial score (nSPS) is 11.8. The van der Waals surface area contributed by atoms with Crippen LogP contribution in [-0.2, 0) is 4.79 Å². The van der Waals surface area contributed by atoms with Gasteiger partial charge in [0.25, 0.3) is 5.91 Å². The SMILES string of the molecule is Cc1cc(O[C@H](C)C(=O)Nc2ccccc2F)ccc1Cl. The monoisotopic (exact) mass is 307 g/mol. The second-order valence-corrected chi connectivity index (χ2v) is 5.05. The molecule has 2 aromatic carbocycles. The molecule has 5 heteroatoms. The van der Waals surface area contributed by atoms with E-state index in [1.165, 1.54) is 12.1 Å². The van der Waals surface area contributed by atoms with Crippen LogP contribution < -0.4 is 10.1 Å². The van der Waals surface area contributed by atoms with Gasteiger partial charge in [-0.15, -0.1) is 0 Å². The number of rotatable bonds is 4. The van der Waals surface area contributed by atoms with Crippen molar-refractivity contribution in [2.24, 2.45) is 0 Å². The molecule has 0 radical (unpaired) electrons. The largest absolute Gasteiger partial charge is 0.481 e. The lowest BCUT2D eigenvalue weighted by Gasteiger charge is -2.15. The van der Waals surface area contributed by atoms with Gasteiger partial charge in [0.05, 0.1) is 5.69 Å². The van der Waals surface area contributed by atoms with Gasteiger partial charge in [-0.05, 0) is 49.7 Å². The number of carbonyl (C=O) groups excluding carboxylic acids is 1. The molecule has 1 atom stereocenters. The van der Waals surface area contributed by atoms with E-state index in [0.717, 1.165) is 5.56 Å². The van der Waals surface area contributed by atoms with Crippen LogP contribution in [0.25, 0.3) is 0 Å². The van der Waals surface area contributed by atoms with Gasteiger partial charge in [-0.2, -0.15) is 0 Å². The molecule has 0 aliphatic rings. The van der Waals surface area contributed by atoms with Crippen molar-refractivity contribution in [2.45, 2.75) is 20.0 Å². The first-order valence-corrected chi connectivity index (χ1v) is 6.83. The lowest BCUT2D eigenvalue weighted by Crippen LogP contribution is -2.30. The molecule has 0 saturated heterocycles. The Morgan fingerprint density at radius 1 is 1.29 bits per heavy atom. The van der Waals surface area contributed by atoms with E-state index in [0.29, 0.717) is 10.8 Å². The number of amides is 1. The number of nitrogens with one attached hydrogen (secondary N) is 1. The molecule has 0 aliphatic heterocycles. The molecule has 21 heavy (non-hydrogen) atoms.